The maximum absolute atomic E-state index is 10.6. The highest BCUT2D eigenvalue weighted by Crippen LogP contribution is 2.20. The van der Waals surface area contributed by atoms with Gasteiger partial charge in [-0.25, -0.2) is 0 Å². The Bertz CT molecular complexity index is 944. The average molecular weight is 453 g/mol. The molecule has 0 atom stereocenters. The Kier molecular flexibility index (Phi) is 14.6. The first-order valence-electron chi connectivity index (χ1n) is 8.85. The zero-order chi connectivity index (χ0) is 23.3. The highest BCUT2D eigenvalue weighted by Gasteiger charge is 2.13. The molecule has 0 unspecified atom stereocenters. The van der Waals surface area contributed by atoms with Crippen LogP contribution in [0.4, 0.5) is 11.4 Å². The van der Waals surface area contributed by atoms with Crippen LogP contribution in [0.3, 0.4) is 0 Å². The number of aryl methyl sites for hydroxylation is 2. The first-order valence-corrected chi connectivity index (χ1v) is 8.85. The Labute approximate surface area is 186 Å². The first kappa shape index (κ1) is 29.6. The minimum absolute atomic E-state index is 0. The lowest BCUT2D eigenvalue weighted by Gasteiger charge is -2.05. The standard InChI is InChI=1S/C10H12N2O3.C8H6N2O2.C2H6O.ClH/c1-3-15-10(11)8-5-4-7(2)9(6-8)12(13)14;1-6-2-3-7(5-9)4-8(6)10(11)12;1-2-3;/h4-6,11H,3H2,1-2H3;2-4H,1H3;3H,2H2,1H3;1H. The Hall–Kier alpha value is -3.55. The number of aliphatic hydroxyl groups excluding tert-OH is 1. The first-order chi connectivity index (χ1) is 14.1. The smallest absolute Gasteiger partial charge is 0.273 e. The van der Waals surface area contributed by atoms with Crippen molar-refractivity contribution in [3.05, 3.63) is 78.9 Å². The Balaban J connectivity index is 0. The molecular weight excluding hydrogens is 428 g/mol. The zero-order valence-corrected chi connectivity index (χ0v) is 18.4. The van der Waals surface area contributed by atoms with Gasteiger partial charge in [0, 0.05) is 35.4 Å². The second-order valence-corrected chi connectivity index (χ2v) is 5.71. The van der Waals surface area contributed by atoms with Crippen molar-refractivity contribution in [2.24, 2.45) is 0 Å². The van der Waals surface area contributed by atoms with E-state index in [0.29, 0.717) is 28.9 Å². The van der Waals surface area contributed by atoms with Crippen LogP contribution >= 0.6 is 12.4 Å². The van der Waals surface area contributed by atoms with E-state index >= 15 is 0 Å². The van der Waals surface area contributed by atoms with Crippen molar-refractivity contribution in [2.75, 3.05) is 13.2 Å². The van der Waals surface area contributed by atoms with Gasteiger partial charge < -0.3 is 9.84 Å². The Morgan fingerprint density at radius 2 is 1.52 bits per heavy atom. The van der Waals surface area contributed by atoms with Gasteiger partial charge in [0.05, 0.1) is 28.1 Å². The van der Waals surface area contributed by atoms with Crippen molar-refractivity contribution in [3.63, 3.8) is 0 Å². The number of hydrogen-bond donors (Lipinski definition) is 2. The molecular formula is C20H25ClN4O6. The van der Waals surface area contributed by atoms with Gasteiger partial charge in [-0.1, -0.05) is 12.1 Å². The van der Waals surface area contributed by atoms with E-state index < -0.39 is 9.85 Å². The van der Waals surface area contributed by atoms with Gasteiger partial charge in [0.15, 0.2) is 0 Å². The summed E-state index contributed by atoms with van der Waals surface area (Å²) < 4.78 is 4.96. The van der Waals surface area contributed by atoms with E-state index in [1.807, 2.05) is 6.07 Å². The lowest BCUT2D eigenvalue weighted by atomic mass is 10.1. The van der Waals surface area contributed by atoms with Gasteiger partial charge in [0.25, 0.3) is 11.4 Å². The van der Waals surface area contributed by atoms with Crippen LogP contribution in [0.1, 0.15) is 36.1 Å². The van der Waals surface area contributed by atoms with Crippen LogP contribution in [-0.4, -0.2) is 34.1 Å². The molecule has 0 fully saturated rings. The number of rotatable bonds is 4. The molecule has 0 aromatic heterocycles. The molecule has 11 heteroatoms. The third-order valence-electron chi connectivity index (χ3n) is 3.49. The molecule has 0 aliphatic carbocycles. The average Bonchev–Trinajstić information content (AvgIpc) is 2.69. The van der Waals surface area contributed by atoms with E-state index in [-0.39, 0.29) is 36.3 Å². The van der Waals surface area contributed by atoms with Crippen molar-refractivity contribution in [1.82, 2.24) is 0 Å². The minimum Gasteiger partial charge on any atom is -0.478 e. The van der Waals surface area contributed by atoms with Gasteiger partial charge in [-0.05, 0) is 39.8 Å². The lowest BCUT2D eigenvalue weighted by Crippen LogP contribution is -2.05. The molecule has 0 bridgehead atoms. The SMILES string of the molecule is CCO.CCOC(=N)c1ccc(C)c([N+](=O)[O-])c1.Cc1ccc(C#N)cc1[N+](=O)[O-].Cl. The summed E-state index contributed by atoms with van der Waals surface area (Å²) in [7, 11) is 0. The third-order valence-corrected chi connectivity index (χ3v) is 3.49. The summed E-state index contributed by atoms with van der Waals surface area (Å²) >= 11 is 0. The monoisotopic (exact) mass is 452 g/mol. The number of benzene rings is 2. The number of nitrogens with zero attached hydrogens (tertiary/aromatic N) is 3. The second-order valence-electron chi connectivity index (χ2n) is 5.71. The number of ether oxygens (including phenoxy) is 1. The molecule has 2 aromatic carbocycles. The van der Waals surface area contributed by atoms with Gasteiger partial charge in [0.1, 0.15) is 0 Å². The number of nitriles is 1. The van der Waals surface area contributed by atoms with Gasteiger partial charge in [-0.15, -0.1) is 12.4 Å². The molecule has 2 rings (SSSR count). The molecule has 2 N–H and O–H groups in total. The summed E-state index contributed by atoms with van der Waals surface area (Å²) in [5, 5.41) is 44.6. The topological polar surface area (TPSA) is 163 Å². The van der Waals surface area contributed by atoms with Crippen LogP contribution in [0.2, 0.25) is 0 Å². The van der Waals surface area contributed by atoms with Crippen molar-refractivity contribution in [1.29, 1.82) is 10.7 Å². The normalized spacial score (nSPS) is 8.77. The van der Waals surface area contributed by atoms with E-state index in [1.54, 1.807) is 52.0 Å². The number of nitro benzene ring substituents is 2. The van der Waals surface area contributed by atoms with Crippen molar-refractivity contribution in [3.8, 4) is 6.07 Å². The highest BCUT2D eigenvalue weighted by atomic mass is 35.5. The number of hydrogen-bond acceptors (Lipinski definition) is 8. The molecule has 0 aliphatic heterocycles. The largest absolute Gasteiger partial charge is 0.478 e. The maximum Gasteiger partial charge on any atom is 0.273 e. The van der Waals surface area contributed by atoms with Crippen LogP contribution in [0.5, 0.6) is 0 Å². The van der Waals surface area contributed by atoms with Crippen LogP contribution < -0.4 is 0 Å². The van der Waals surface area contributed by atoms with E-state index in [0.717, 1.165) is 0 Å². The van der Waals surface area contributed by atoms with Gasteiger partial charge >= 0.3 is 0 Å². The molecule has 2 aromatic rings. The van der Waals surface area contributed by atoms with Gasteiger partial charge in [-0.2, -0.15) is 5.26 Å². The van der Waals surface area contributed by atoms with Crippen molar-refractivity contribution >= 4 is 29.7 Å². The predicted octanol–water partition coefficient (Wildman–Crippen LogP) is 4.46. The van der Waals surface area contributed by atoms with Crippen LogP contribution in [0.15, 0.2) is 36.4 Å². The third kappa shape index (κ3) is 10.2. The molecule has 10 nitrogen and oxygen atoms in total. The summed E-state index contributed by atoms with van der Waals surface area (Å²) in [6.45, 7) is 7.36. The number of aliphatic hydroxyl groups is 1. The number of nitrogens with one attached hydrogen (secondary N) is 1. The Morgan fingerprint density at radius 3 is 1.94 bits per heavy atom. The molecule has 0 spiro atoms. The Morgan fingerprint density at radius 1 is 1.06 bits per heavy atom. The summed E-state index contributed by atoms with van der Waals surface area (Å²) in [6.07, 6.45) is 0. The van der Waals surface area contributed by atoms with Crippen molar-refractivity contribution < 1.29 is 19.7 Å². The zero-order valence-electron chi connectivity index (χ0n) is 17.6. The molecule has 0 amide bonds. The fourth-order valence-electron chi connectivity index (χ4n) is 2.05. The highest BCUT2D eigenvalue weighted by molar-refractivity contribution is 5.92. The van der Waals surface area contributed by atoms with Crippen molar-refractivity contribution in [2.45, 2.75) is 27.7 Å². The molecule has 168 valence electrons. The number of halogens is 1. The van der Waals surface area contributed by atoms with E-state index in [2.05, 4.69) is 0 Å². The lowest BCUT2D eigenvalue weighted by molar-refractivity contribution is -0.385. The minimum atomic E-state index is -0.490. The maximum atomic E-state index is 10.6. The van der Waals surface area contributed by atoms with E-state index in [1.165, 1.54) is 12.1 Å². The molecule has 0 aliphatic rings. The summed E-state index contributed by atoms with van der Waals surface area (Å²) in [5.41, 5.74) is 1.89. The molecule has 0 saturated heterocycles. The molecule has 0 radical (unpaired) electrons. The second kappa shape index (κ2) is 15.3. The van der Waals surface area contributed by atoms with Gasteiger partial charge in [0.2, 0.25) is 5.90 Å². The van der Waals surface area contributed by atoms with E-state index in [4.69, 9.17) is 20.5 Å². The van der Waals surface area contributed by atoms with E-state index in [9.17, 15) is 20.2 Å². The molecule has 0 saturated carbocycles. The van der Waals surface area contributed by atoms with Crippen LogP contribution in [-0.2, 0) is 4.74 Å². The quantitative estimate of drug-likeness (QED) is 0.299. The predicted molar refractivity (Wildman–Crippen MR) is 119 cm³/mol. The number of nitro groups is 2. The fraction of sp³-hybridized carbons (Fsp3) is 0.300. The van der Waals surface area contributed by atoms with Crippen LogP contribution in [0.25, 0.3) is 0 Å². The fourth-order valence-corrected chi connectivity index (χ4v) is 2.05. The molecule has 0 heterocycles. The summed E-state index contributed by atoms with van der Waals surface area (Å²) in [4.78, 5) is 20.1. The van der Waals surface area contributed by atoms with Crippen LogP contribution in [0, 0.1) is 50.8 Å². The molecule has 31 heavy (non-hydrogen) atoms. The van der Waals surface area contributed by atoms with Gasteiger partial charge in [-0.3, -0.25) is 25.6 Å². The summed E-state index contributed by atoms with van der Waals surface area (Å²) in [6, 6.07) is 10.8. The summed E-state index contributed by atoms with van der Waals surface area (Å²) in [5.74, 6) is -0.0411.